The lowest BCUT2D eigenvalue weighted by Gasteiger charge is -2.20. The molecule has 3 heteroatoms. The van der Waals surface area contributed by atoms with Gasteiger partial charge in [-0.2, -0.15) is 0 Å². The zero-order valence-corrected chi connectivity index (χ0v) is 12.0. The van der Waals surface area contributed by atoms with Crippen molar-refractivity contribution < 1.29 is 0 Å². The van der Waals surface area contributed by atoms with Gasteiger partial charge in [0.2, 0.25) is 0 Å². The van der Waals surface area contributed by atoms with E-state index in [1.54, 1.807) is 11.3 Å². The molecule has 1 heterocycles. The maximum Gasteiger partial charge on any atom is 0.0931 e. The maximum atomic E-state index is 5.95. The normalized spacial score (nSPS) is 13.3. The molecule has 0 bridgehead atoms. The minimum atomic E-state index is 0.710. The van der Waals surface area contributed by atoms with E-state index < -0.39 is 0 Å². The van der Waals surface area contributed by atoms with Crippen LogP contribution in [0.1, 0.15) is 32.1 Å². The Morgan fingerprint density at radius 2 is 2.12 bits per heavy atom. The monoisotopic (exact) mass is 259 g/mol. The van der Waals surface area contributed by atoms with Crippen molar-refractivity contribution in [3.05, 3.63) is 21.3 Å². The first-order valence-corrected chi connectivity index (χ1v) is 7.27. The third kappa shape index (κ3) is 4.86. The van der Waals surface area contributed by atoms with Gasteiger partial charge in [0.15, 0.2) is 0 Å². The van der Waals surface area contributed by atoms with Gasteiger partial charge < -0.3 is 5.32 Å². The predicted octanol–water partition coefficient (Wildman–Crippen LogP) is 4.22. The van der Waals surface area contributed by atoms with Crippen molar-refractivity contribution in [2.75, 3.05) is 13.1 Å². The van der Waals surface area contributed by atoms with E-state index in [-0.39, 0.29) is 0 Å². The van der Waals surface area contributed by atoms with E-state index in [1.807, 2.05) is 6.07 Å². The molecule has 1 aromatic heterocycles. The van der Waals surface area contributed by atoms with Gasteiger partial charge in [-0.15, -0.1) is 11.3 Å². The van der Waals surface area contributed by atoms with Gasteiger partial charge >= 0.3 is 0 Å². The Bertz CT molecular complexity index is 296. The molecule has 0 aliphatic rings. The fourth-order valence-electron chi connectivity index (χ4n) is 1.73. The van der Waals surface area contributed by atoms with Crippen LogP contribution in [0.3, 0.4) is 0 Å². The minimum absolute atomic E-state index is 0.710. The van der Waals surface area contributed by atoms with Gasteiger partial charge in [-0.25, -0.2) is 0 Å². The summed E-state index contributed by atoms with van der Waals surface area (Å²) >= 11 is 7.66. The van der Waals surface area contributed by atoms with Gasteiger partial charge in [0, 0.05) is 4.88 Å². The van der Waals surface area contributed by atoms with Crippen LogP contribution < -0.4 is 5.32 Å². The van der Waals surface area contributed by atoms with Crippen LogP contribution in [0.4, 0.5) is 0 Å². The van der Waals surface area contributed by atoms with Crippen LogP contribution in [0.25, 0.3) is 0 Å². The molecule has 1 nitrogen and oxygen atoms in total. The SMILES string of the molecule is CCCNCC(Cc1ccc(Cl)s1)C(C)C. The third-order valence-corrected chi connectivity index (χ3v) is 4.12. The van der Waals surface area contributed by atoms with Crippen LogP contribution in [0, 0.1) is 11.8 Å². The first-order chi connectivity index (χ1) is 7.63. The van der Waals surface area contributed by atoms with Gasteiger partial charge in [0.1, 0.15) is 0 Å². The Morgan fingerprint density at radius 1 is 1.38 bits per heavy atom. The van der Waals surface area contributed by atoms with E-state index in [0.29, 0.717) is 11.8 Å². The van der Waals surface area contributed by atoms with E-state index in [1.165, 1.54) is 11.3 Å². The summed E-state index contributed by atoms with van der Waals surface area (Å²) in [6.45, 7) is 9.03. The number of nitrogens with one attached hydrogen (secondary N) is 1. The van der Waals surface area contributed by atoms with Gasteiger partial charge in [-0.1, -0.05) is 32.4 Å². The number of halogens is 1. The fraction of sp³-hybridized carbons (Fsp3) is 0.692. The molecule has 1 atom stereocenters. The molecule has 16 heavy (non-hydrogen) atoms. The van der Waals surface area contributed by atoms with Crippen molar-refractivity contribution in [2.24, 2.45) is 11.8 Å². The number of rotatable bonds is 7. The van der Waals surface area contributed by atoms with E-state index >= 15 is 0 Å². The van der Waals surface area contributed by atoms with Gasteiger partial charge in [-0.05, 0) is 49.9 Å². The molecule has 0 fully saturated rings. The highest BCUT2D eigenvalue weighted by Gasteiger charge is 2.14. The van der Waals surface area contributed by atoms with Crippen molar-refractivity contribution in [1.29, 1.82) is 0 Å². The Balaban J connectivity index is 2.44. The van der Waals surface area contributed by atoms with Crippen molar-refractivity contribution in [3.8, 4) is 0 Å². The molecular formula is C13H22ClNS. The molecule has 92 valence electrons. The smallest absolute Gasteiger partial charge is 0.0931 e. The average Bonchev–Trinajstić information content (AvgIpc) is 2.63. The van der Waals surface area contributed by atoms with Crippen molar-refractivity contribution >= 4 is 22.9 Å². The predicted molar refractivity (Wildman–Crippen MR) is 74.5 cm³/mol. The Morgan fingerprint density at radius 3 is 2.62 bits per heavy atom. The van der Waals surface area contributed by atoms with Crippen LogP contribution in [0.5, 0.6) is 0 Å². The second kappa shape index (κ2) is 7.31. The highest BCUT2D eigenvalue weighted by atomic mass is 35.5. The molecule has 0 spiro atoms. The van der Waals surface area contributed by atoms with Gasteiger partial charge in [0.05, 0.1) is 4.34 Å². The van der Waals surface area contributed by atoms with Crippen LogP contribution >= 0.6 is 22.9 Å². The second-order valence-electron chi connectivity index (χ2n) is 4.62. The van der Waals surface area contributed by atoms with Crippen molar-refractivity contribution in [3.63, 3.8) is 0 Å². The average molecular weight is 260 g/mol. The molecule has 1 unspecified atom stereocenters. The number of hydrogen-bond acceptors (Lipinski definition) is 2. The maximum absolute atomic E-state index is 5.95. The largest absolute Gasteiger partial charge is 0.316 e. The van der Waals surface area contributed by atoms with E-state index in [4.69, 9.17) is 11.6 Å². The Labute approximate surface area is 108 Å². The fourth-order valence-corrected chi connectivity index (χ4v) is 2.91. The summed E-state index contributed by atoms with van der Waals surface area (Å²) < 4.78 is 0.902. The summed E-state index contributed by atoms with van der Waals surface area (Å²) in [7, 11) is 0. The van der Waals surface area contributed by atoms with Gasteiger partial charge in [0.25, 0.3) is 0 Å². The molecule has 0 saturated heterocycles. The summed E-state index contributed by atoms with van der Waals surface area (Å²) in [5.74, 6) is 1.42. The van der Waals surface area contributed by atoms with Crippen molar-refractivity contribution in [2.45, 2.75) is 33.6 Å². The first-order valence-electron chi connectivity index (χ1n) is 6.08. The molecule has 1 N–H and O–H groups in total. The molecule has 0 radical (unpaired) electrons. The number of thiophene rings is 1. The molecule has 1 aromatic rings. The van der Waals surface area contributed by atoms with Gasteiger partial charge in [-0.3, -0.25) is 0 Å². The quantitative estimate of drug-likeness (QED) is 0.723. The molecule has 0 amide bonds. The lowest BCUT2D eigenvalue weighted by molar-refractivity contribution is 0.363. The second-order valence-corrected chi connectivity index (χ2v) is 6.42. The zero-order valence-electron chi connectivity index (χ0n) is 10.4. The van der Waals surface area contributed by atoms with E-state index in [9.17, 15) is 0 Å². The lowest BCUT2D eigenvalue weighted by Crippen LogP contribution is -2.28. The molecule has 0 saturated carbocycles. The van der Waals surface area contributed by atoms with E-state index in [0.717, 1.165) is 23.8 Å². The summed E-state index contributed by atoms with van der Waals surface area (Å²) in [5.41, 5.74) is 0. The van der Waals surface area contributed by atoms with Crippen LogP contribution in [0.2, 0.25) is 4.34 Å². The zero-order chi connectivity index (χ0) is 12.0. The first kappa shape index (κ1) is 14.0. The summed E-state index contributed by atoms with van der Waals surface area (Å²) in [4.78, 5) is 1.40. The minimum Gasteiger partial charge on any atom is -0.316 e. The summed E-state index contributed by atoms with van der Waals surface area (Å²) in [6.07, 6.45) is 2.35. The molecule has 0 aliphatic heterocycles. The molecular weight excluding hydrogens is 238 g/mol. The highest BCUT2D eigenvalue weighted by Crippen LogP contribution is 2.26. The van der Waals surface area contributed by atoms with Crippen LogP contribution in [-0.4, -0.2) is 13.1 Å². The highest BCUT2D eigenvalue weighted by molar-refractivity contribution is 7.16. The Hall–Kier alpha value is -0.0500. The standard InChI is InChI=1S/C13H22ClNS/c1-4-7-15-9-11(10(2)3)8-12-5-6-13(14)16-12/h5-6,10-11,15H,4,7-9H2,1-3H3. The summed E-state index contributed by atoms with van der Waals surface area (Å²) in [5, 5.41) is 3.52. The number of hydrogen-bond donors (Lipinski definition) is 1. The third-order valence-electron chi connectivity index (χ3n) is 2.87. The molecule has 0 aliphatic carbocycles. The summed E-state index contributed by atoms with van der Waals surface area (Å²) in [6, 6.07) is 4.15. The lowest BCUT2D eigenvalue weighted by atomic mass is 9.92. The molecule has 0 aromatic carbocycles. The Kier molecular flexibility index (Phi) is 6.40. The van der Waals surface area contributed by atoms with E-state index in [2.05, 4.69) is 32.2 Å². The van der Waals surface area contributed by atoms with Crippen LogP contribution in [-0.2, 0) is 6.42 Å². The molecule has 1 rings (SSSR count). The topological polar surface area (TPSA) is 12.0 Å². The van der Waals surface area contributed by atoms with Crippen LogP contribution in [0.15, 0.2) is 12.1 Å². The van der Waals surface area contributed by atoms with Crippen molar-refractivity contribution in [1.82, 2.24) is 5.32 Å².